The van der Waals surface area contributed by atoms with Crippen molar-refractivity contribution in [3.8, 4) is 0 Å². The van der Waals surface area contributed by atoms with E-state index in [0.717, 1.165) is 5.56 Å². The van der Waals surface area contributed by atoms with E-state index in [0.29, 0.717) is 17.8 Å². The predicted octanol–water partition coefficient (Wildman–Crippen LogP) is 1.67. The van der Waals surface area contributed by atoms with Gasteiger partial charge in [0.15, 0.2) is 0 Å². The van der Waals surface area contributed by atoms with Gasteiger partial charge in [-0.05, 0) is 26.0 Å². The highest BCUT2D eigenvalue weighted by Crippen LogP contribution is 2.15. The van der Waals surface area contributed by atoms with Crippen molar-refractivity contribution >= 4 is 11.6 Å². The maximum Gasteiger partial charge on any atom is 0.255 e. The van der Waals surface area contributed by atoms with Crippen molar-refractivity contribution in [1.82, 2.24) is 4.90 Å². The van der Waals surface area contributed by atoms with Crippen LogP contribution in [-0.4, -0.2) is 24.4 Å². The number of nitrogens with two attached hydrogens (primary N) is 1. The Morgan fingerprint density at radius 2 is 2.14 bits per heavy atom. The normalized spacial score (nSPS) is 9.93. The summed E-state index contributed by atoms with van der Waals surface area (Å²) in [6.07, 6.45) is 0. The Kier molecular flexibility index (Phi) is 3.12. The number of nitrogen functional groups attached to an aromatic ring is 1. The lowest BCUT2D eigenvalue weighted by molar-refractivity contribution is 0.0803. The maximum atomic E-state index is 11.8. The highest BCUT2D eigenvalue weighted by atomic mass is 16.2. The van der Waals surface area contributed by atoms with Crippen LogP contribution in [0, 0.1) is 6.92 Å². The van der Waals surface area contributed by atoms with Crippen LogP contribution in [0.1, 0.15) is 22.8 Å². The van der Waals surface area contributed by atoms with E-state index in [4.69, 9.17) is 5.73 Å². The van der Waals surface area contributed by atoms with Gasteiger partial charge in [-0.15, -0.1) is 0 Å². The molecule has 0 aromatic heterocycles. The van der Waals surface area contributed by atoms with Gasteiger partial charge in [0.25, 0.3) is 5.91 Å². The summed E-state index contributed by atoms with van der Waals surface area (Å²) in [7, 11) is 1.77. The van der Waals surface area contributed by atoms with Gasteiger partial charge in [-0.2, -0.15) is 0 Å². The number of rotatable bonds is 2. The average Bonchev–Trinajstić information content (AvgIpc) is 2.19. The number of amides is 1. The van der Waals surface area contributed by atoms with Crippen LogP contribution >= 0.6 is 0 Å². The molecule has 0 atom stereocenters. The second kappa shape index (κ2) is 4.13. The number of hydrogen-bond donors (Lipinski definition) is 1. The Balaban J connectivity index is 3.06. The first-order chi connectivity index (χ1) is 6.56. The molecule has 1 amide bonds. The average molecular weight is 192 g/mol. The molecule has 0 saturated heterocycles. The molecule has 3 heteroatoms. The largest absolute Gasteiger partial charge is 0.398 e. The molecule has 0 radical (unpaired) electrons. The molecule has 0 unspecified atom stereocenters. The van der Waals surface area contributed by atoms with Crippen LogP contribution in [0.5, 0.6) is 0 Å². The standard InChI is InChI=1S/C11H16N2O/c1-4-13(3)11(14)9-7-8(2)5-6-10(9)12/h5-7H,4,12H2,1-3H3. The molecule has 0 aliphatic heterocycles. The number of aryl methyl sites for hydroxylation is 1. The van der Waals surface area contributed by atoms with E-state index in [2.05, 4.69) is 0 Å². The van der Waals surface area contributed by atoms with Gasteiger partial charge in [0.05, 0.1) is 5.56 Å². The van der Waals surface area contributed by atoms with Crippen LogP contribution in [0.25, 0.3) is 0 Å². The molecule has 14 heavy (non-hydrogen) atoms. The zero-order chi connectivity index (χ0) is 10.7. The van der Waals surface area contributed by atoms with Crippen LogP contribution in [0.15, 0.2) is 18.2 Å². The number of carbonyl (C=O) groups is 1. The lowest BCUT2D eigenvalue weighted by atomic mass is 10.1. The quantitative estimate of drug-likeness (QED) is 0.724. The van der Waals surface area contributed by atoms with E-state index in [1.165, 1.54) is 0 Å². The minimum Gasteiger partial charge on any atom is -0.398 e. The van der Waals surface area contributed by atoms with Crippen LogP contribution in [0.4, 0.5) is 5.69 Å². The highest BCUT2D eigenvalue weighted by Gasteiger charge is 2.12. The van der Waals surface area contributed by atoms with Gasteiger partial charge in [0.1, 0.15) is 0 Å². The summed E-state index contributed by atoms with van der Waals surface area (Å²) in [6.45, 7) is 4.57. The van der Waals surface area contributed by atoms with Crippen molar-refractivity contribution in [2.75, 3.05) is 19.3 Å². The molecule has 1 aromatic carbocycles. The second-order valence-electron chi connectivity index (χ2n) is 3.41. The highest BCUT2D eigenvalue weighted by molar-refractivity contribution is 5.99. The molecule has 76 valence electrons. The fraction of sp³-hybridized carbons (Fsp3) is 0.364. The Morgan fingerprint density at radius 3 is 2.71 bits per heavy atom. The Hall–Kier alpha value is -1.51. The van der Waals surface area contributed by atoms with Crippen LogP contribution in [0.2, 0.25) is 0 Å². The molecule has 0 aliphatic rings. The smallest absolute Gasteiger partial charge is 0.255 e. The van der Waals surface area contributed by atoms with Gasteiger partial charge in [-0.25, -0.2) is 0 Å². The molecule has 1 aromatic rings. The summed E-state index contributed by atoms with van der Waals surface area (Å²) in [5.74, 6) is -0.0197. The summed E-state index contributed by atoms with van der Waals surface area (Å²) in [6, 6.07) is 5.49. The van der Waals surface area contributed by atoms with Gasteiger partial charge < -0.3 is 10.6 Å². The SMILES string of the molecule is CCN(C)C(=O)c1cc(C)ccc1N. The molecular formula is C11H16N2O. The molecule has 0 aliphatic carbocycles. The van der Waals surface area contributed by atoms with E-state index in [-0.39, 0.29) is 5.91 Å². The fourth-order valence-corrected chi connectivity index (χ4v) is 1.20. The predicted molar refractivity (Wildman–Crippen MR) is 58.2 cm³/mol. The van der Waals surface area contributed by atoms with E-state index in [1.807, 2.05) is 26.0 Å². The first kappa shape index (κ1) is 10.6. The number of hydrogen-bond acceptors (Lipinski definition) is 2. The number of anilines is 1. The Bertz CT molecular complexity index is 347. The molecule has 0 fully saturated rings. The topological polar surface area (TPSA) is 46.3 Å². The molecular weight excluding hydrogens is 176 g/mol. The lowest BCUT2D eigenvalue weighted by Gasteiger charge is -2.15. The molecule has 0 saturated carbocycles. The van der Waals surface area contributed by atoms with E-state index >= 15 is 0 Å². The van der Waals surface area contributed by atoms with Gasteiger partial charge in [0.2, 0.25) is 0 Å². The molecule has 1 rings (SSSR count). The molecule has 0 bridgehead atoms. The number of benzene rings is 1. The van der Waals surface area contributed by atoms with Crippen molar-refractivity contribution in [3.05, 3.63) is 29.3 Å². The first-order valence-corrected chi connectivity index (χ1v) is 4.67. The third-order valence-electron chi connectivity index (χ3n) is 2.26. The van der Waals surface area contributed by atoms with Crippen LogP contribution in [0.3, 0.4) is 0 Å². The fourth-order valence-electron chi connectivity index (χ4n) is 1.20. The number of carbonyl (C=O) groups excluding carboxylic acids is 1. The zero-order valence-electron chi connectivity index (χ0n) is 8.87. The second-order valence-corrected chi connectivity index (χ2v) is 3.41. The van der Waals surface area contributed by atoms with Crippen molar-refractivity contribution in [3.63, 3.8) is 0 Å². The zero-order valence-corrected chi connectivity index (χ0v) is 8.87. The molecule has 2 N–H and O–H groups in total. The van der Waals surface area contributed by atoms with Crippen LogP contribution in [-0.2, 0) is 0 Å². The van der Waals surface area contributed by atoms with Crippen LogP contribution < -0.4 is 5.73 Å². The molecule has 0 heterocycles. The van der Waals surface area contributed by atoms with Gasteiger partial charge in [-0.3, -0.25) is 4.79 Å². The summed E-state index contributed by atoms with van der Waals surface area (Å²) in [4.78, 5) is 13.4. The van der Waals surface area contributed by atoms with Gasteiger partial charge >= 0.3 is 0 Å². The van der Waals surface area contributed by atoms with E-state index < -0.39 is 0 Å². The van der Waals surface area contributed by atoms with Crippen molar-refractivity contribution in [1.29, 1.82) is 0 Å². The van der Waals surface area contributed by atoms with Crippen molar-refractivity contribution in [2.24, 2.45) is 0 Å². The van der Waals surface area contributed by atoms with Crippen molar-refractivity contribution < 1.29 is 4.79 Å². The summed E-state index contributed by atoms with van der Waals surface area (Å²) in [5.41, 5.74) is 7.92. The summed E-state index contributed by atoms with van der Waals surface area (Å²) in [5, 5.41) is 0. The number of nitrogens with zero attached hydrogens (tertiary/aromatic N) is 1. The van der Waals surface area contributed by atoms with E-state index in [1.54, 1.807) is 18.0 Å². The molecule has 3 nitrogen and oxygen atoms in total. The monoisotopic (exact) mass is 192 g/mol. The lowest BCUT2D eigenvalue weighted by Crippen LogP contribution is -2.27. The van der Waals surface area contributed by atoms with Gasteiger partial charge in [-0.1, -0.05) is 11.6 Å². The Morgan fingerprint density at radius 1 is 1.50 bits per heavy atom. The summed E-state index contributed by atoms with van der Waals surface area (Å²) >= 11 is 0. The minimum atomic E-state index is -0.0197. The minimum absolute atomic E-state index is 0.0197. The summed E-state index contributed by atoms with van der Waals surface area (Å²) < 4.78 is 0. The maximum absolute atomic E-state index is 11.8. The Labute approximate surface area is 84.5 Å². The van der Waals surface area contributed by atoms with Gasteiger partial charge in [0, 0.05) is 19.3 Å². The third kappa shape index (κ3) is 2.05. The first-order valence-electron chi connectivity index (χ1n) is 4.67. The third-order valence-corrected chi connectivity index (χ3v) is 2.26. The molecule has 0 spiro atoms. The van der Waals surface area contributed by atoms with Crippen molar-refractivity contribution in [2.45, 2.75) is 13.8 Å². The van der Waals surface area contributed by atoms with E-state index in [9.17, 15) is 4.79 Å².